The predicted octanol–water partition coefficient (Wildman–Crippen LogP) is 2.95. The van der Waals surface area contributed by atoms with Gasteiger partial charge in [-0.2, -0.15) is 0 Å². The van der Waals surface area contributed by atoms with Crippen molar-refractivity contribution >= 4 is 6.03 Å². The second-order valence-corrected chi connectivity index (χ2v) is 7.66. The molecule has 2 aliphatic heterocycles. The Balaban J connectivity index is 1.38. The van der Waals surface area contributed by atoms with Gasteiger partial charge < -0.3 is 14.5 Å². The number of hydrogen-bond donors (Lipinski definition) is 0. The van der Waals surface area contributed by atoms with Gasteiger partial charge in [-0.3, -0.25) is 4.90 Å². The SMILES string of the molecule is COc1cccc(CN2CCN3C(=O)N(C4CCCCC4)C[C@H]3C2)c1. The van der Waals surface area contributed by atoms with Gasteiger partial charge in [-0.25, -0.2) is 4.79 Å². The molecule has 1 aliphatic carbocycles. The van der Waals surface area contributed by atoms with E-state index in [-0.39, 0.29) is 6.03 Å². The number of carbonyl (C=O) groups excluding carboxylic acids is 1. The standard InChI is InChI=1S/C20H29N3O2/c1-25-19-9-5-6-16(12-19)13-21-10-11-22-18(14-21)15-23(20(22)24)17-7-3-2-4-8-17/h5-6,9,12,17-18H,2-4,7-8,10-11,13-15H2,1H3/t18-/m1/s1. The number of nitrogens with zero attached hydrogens (tertiary/aromatic N) is 3. The van der Waals surface area contributed by atoms with E-state index in [0.29, 0.717) is 12.1 Å². The quantitative estimate of drug-likeness (QED) is 0.843. The Kier molecular flexibility index (Phi) is 4.84. The number of carbonyl (C=O) groups is 1. The first kappa shape index (κ1) is 16.7. The summed E-state index contributed by atoms with van der Waals surface area (Å²) in [4.78, 5) is 19.6. The highest BCUT2D eigenvalue weighted by molar-refractivity contribution is 5.77. The Hall–Kier alpha value is -1.75. The molecule has 0 bridgehead atoms. The van der Waals surface area contributed by atoms with Crippen LogP contribution in [0.5, 0.6) is 5.75 Å². The van der Waals surface area contributed by atoms with E-state index >= 15 is 0 Å². The fraction of sp³-hybridized carbons (Fsp3) is 0.650. The van der Waals surface area contributed by atoms with E-state index in [2.05, 4.69) is 26.8 Å². The molecule has 1 aromatic carbocycles. The molecule has 0 aromatic heterocycles. The number of benzene rings is 1. The van der Waals surface area contributed by atoms with Gasteiger partial charge in [0, 0.05) is 38.8 Å². The van der Waals surface area contributed by atoms with Crippen LogP contribution in [0.25, 0.3) is 0 Å². The minimum atomic E-state index is 0.290. The van der Waals surface area contributed by atoms with Crippen molar-refractivity contribution < 1.29 is 9.53 Å². The normalized spacial score (nSPS) is 25.3. The monoisotopic (exact) mass is 343 g/mol. The van der Waals surface area contributed by atoms with Gasteiger partial charge in [0.2, 0.25) is 0 Å². The molecule has 0 spiro atoms. The van der Waals surface area contributed by atoms with Gasteiger partial charge in [-0.15, -0.1) is 0 Å². The van der Waals surface area contributed by atoms with Crippen molar-refractivity contribution in [2.75, 3.05) is 33.3 Å². The molecule has 1 atom stereocenters. The minimum Gasteiger partial charge on any atom is -0.497 e. The largest absolute Gasteiger partial charge is 0.497 e. The molecule has 2 amide bonds. The van der Waals surface area contributed by atoms with Crippen LogP contribution in [0.4, 0.5) is 4.79 Å². The first-order valence-electron chi connectivity index (χ1n) is 9.67. The molecule has 25 heavy (non-hydrogen) atoms. The van der Waals surface area contributed by atoms with Crippen LogP contribution in [0, 0.1) is 0 Å². The maximum atomic E-state index is 12.8. The third kappa shape index (κ3) is 3.47. The van der Waals surface area contributed by atoms with Gasteiger partial charge in [0.15, 0.2) is 0 Å². The van der Waals surface area contributed by atoms with E-state index in [1.165, 1.54) is 37.7 Å². The predicted molar refractivity (Wildman–Crippen MR) is 97.7 cm³/mol. The number of amides is 2. The summed E-state index contributed by atoms with van der Waals surface area (Å²) < 4.78 is 5.33. The number of piperazine rings is 1. The summed E-state index contributed by atoms with van der Waals surface area (Å²) in [6.45, 7) is 4.64. The number of hydrogen-bond acceptors (Lipinski definition) is 3. The Morgan fingerprint density at radius 1 is 1.04 bits per heavy atom. The smallest absolute Gasteiger partial charge is 0.320 e. The third-order valence-corrected chi connectivity index (χ3v) is 6.02. The number of rotatable bonds is 4. The minimum absolute atomic E-state index is 0.290. The van der Waals surface area contributed by atoms with Gasteiger partial charge >= 0.3 is 6.03 Å². The first-order valence-corrected chi connectivity index (χ1v) is 9.67. The summed E-state index contributed by atoms with van der Waals surface area (Å²) in [6, 6.07) is 9.43. The van der Waals surface area contributed by atoms with Crippen LogP contribution < -0.4 is 4.74 Å². The summed E-state index contributed by atoms with van der Waals surface area (Å²) in [7, 11) is 1.71. The molecule has 0 N–H and O–H groups in total. The lowest BCUT2D eigenvalue weighted by molar-refractivity contribution is 0.116. The highest BCUT2D eigenvalue weighted by atomic mass is 16.5. The molecule has 3 aliphatic rings. The average molecular weight is 343 g/mol. The van der Waals surface area contributed by atoms with Gasteiger partial charge in [0.05, 0.1) is 13.2 Å². The van der Waals surface area contributed by atoms with E-state index in [1.807, 2.05) is 12.1 Å². The second-order valence-electron chi connectivity index (χ2n) is 7.66. The average Bonchev–Trinajstić information content (AvgIpc) is 2.99. The molecule has 4 rings (SSSR count). The van der Waals surface area contributed by atoms with Gasteiger partial charge in [0.1, 0.15) is 5.75 Å². The van der Waals surface area contributed by atoms with Crippen molar-refractivity contribution in [1.29, 1.82) is 0 Å². The van der Waals surface area contributed by atoms with Crippen LogP contribution in [0.2, 0.25) is 0 Å². The fourth-order valence-corrected chi connectivity index (χ4v) is 4.67. The van der Waals surface area contributed by atoms with Crippen LogP contribution in [-0.2, 0) is 6.54 Å². The van der Waals surface area contributed by atoms with Gasteiger partial charge in [-0.05, 0) is 30.5 Å². The van der Waals surface area contributed by atoms with Gasteiger partial charge in [0.25, 0.3) is 0 Å². The van der Waals surface area contributed by atoms with Crippen LogP contribution in [-0.4, -0.2) is 66.1 Å². The van der Waals surface area contributed by atoms with Gasteiger partial charge in [-0.1, -0.05) is 31.4 Å². The van der Waals surface area contributed by atoms with Crippen molar-refractivity contribution in [2.45, 2.75) is 50.7 Å². The molecule has 5 nitrogen and oxygen atoms in total. The summed E-state index contributed by atoms with van der Waals surface area (Å²) in [5.41, 5.74) is 1.28. The number of ether oxygens (including phenoxy) is 1. The lowest BCUT2D eigenvalue weighted by Gasteiger charge is -2.36. The molecular formula is C20H29N3O2. The van der Waals surface area contributed by atoms with Crippen molar-refractivity contribution in [2.24, 2.45) is 0 Å². The highest BCUT2D eigenvalue weighted by Gasteiger charge is 2.43. The van der Waals surface area contributed by atoms with Crippen LogP contribution in [0.1, 0.15) is 37.7 Å². The van der Waals surface area contributed by atoms with Crippen LogP contribution in [0.3, 0.4) is 0 Å². The zero-order valence-corrected chi connectivity index (χ0v) is 15.2. The Morgan fingerprint density at radius 2 is 1.88 bits per heavy atom. The second kappa shape index (κ2) is 7.24. The van der Waals surface area contributed by atoms with Crippen LogP contribution >= 0.6 is 0 Å². The Labute approximate surface area is 150 Å². The summed E-state index contributed by atoms with van der Waals surface area (Å²) >= 11 is 0. The molecule has 136 valence electrons. The third-order valence-electron chi connectivity index (χ3n) is 6.02. The maximum absolute atomic E-state index is 12.8. The van der Waals surface area contributed by atoms with Crippen molar-refractivity contribution in [3.8, 4) is 5.75 Å². The fourth-order valence-electron chi connectivity index (χ4n) is 4.67. The van der Waals surface area contributed by atoms with E-state index < -0.39 is 0 Å². The lowest BCUT2D eigenvalue weighted by atomic mass is 9.94. The summed E-state index contributed by atoms with van der Waals surface area (Å²) in [6.07, 6.45) is 6.28. The number of fused-ring (bicyclic) bond motifs is 1. The molecule has 2 heterocycles. The Bertz CT molecular complexity index is 615. The van der Waals surface area contributed by atoms with E-state index in [9.17, 15) is 4.79 Å². The number of methoxy groups -OCH3 is 1. The number of urea groups is 1. The van der Waals surface area contributed by atoms with Crippen LogP contribution in [0.15, 0.2) is 24.3 Å². The molecular weight excluding hydrogens is 314 g/mol. The van der Waals surface area contributed by atoms with Crippen molar-refractivity contribution in [1.82, 2.24) is 14.7 Å². The molecule has 5 heteroatoms. The van der Waals surface area contributed by atoms with E-state index in [1.54, 1.807) is 7.11 Å². The Morgan fingerprint density at radius 3 is 2.68 bits per heavy atom. The molecule has 1 aromatic rings. The lowest BCUT2D eigenvalue weighted by Crippen LogP contribution is -2.51. The topological polar surface area (TPSA) is 36.0 Å². The maximum Gasteiger partial charge on any atom is 0.320 e. The molecule has 1 saturated carbocycles. The zero-order chi connectivity index (χ0) is 17.2. The van der Waals surface area contributed by atoms with Crippen molar-refractivity contribution in [3.63, 3.8) is 0 Å². The molecule has 3 fully saturated rings. The molecule has 2 saturated heterocycles. The highest BCUT2D eigenvalue weighted by Crippen LogP contribution is 2.29. The summed E-state index contributed by atoms with van der Waals surface area (Å²) in [5.74, 6) is 0.913. The molecule has 0 radical (unpaired) electrons. The zero-order valence-electron chi connectivity index (χ0n) is 15.2. The first-order chi connectivity index (χ1) is 12.2. The summed E-state index contributed by atoms with van der Waals surface area (Å²) in [5, 5.41) is 0. The van der Waals surface area contributed by atoms with E-state index in [4.69, 9.17) is 4.74 Å². The molecule has 0 unspecified atom stereocenters. The van der Waals surface area contributed by atoms with Crippen molar-refractivity contribution in [3.05, 3.63) is 29.8 Å². The van der Waals surface area contributed by atoms with E-state index in [0.717, 1.165) is 38.5 Å².